The molecule has 1 aliphatic rings. The fourth-order valence-electron chi connectivity index (χ4n) is 3.31. The van der Waals surface area contributed by atoms with Gasteiger partial charge in [-0.05, 0) is 48.5 Å². The summed E-state index contributed by atoms with van der Waals surface area (Å²) in [5.74, 6) is -1.30. The Hall–Kier alpha value is -4.19. The summed E-state index contributed by atoms with van der Waals surface area (Å²) in [4.78, 5) is 38.6. The Bertz CT molecular complexity index is 1050. The van der Waals surface area contributed by atoms with Crippen LogP contribution < -0.4 is 4.90 Å². The van der Waals surface area contributed by atoms with Crippen molar-refractivity contribution < 1.29 is 19.1 Å². The van der Waals surface area contributed by atoms with Crippen LogP contribution in [0.3, 0.4) is 0 Å². The average Bonchev–Trinajstić information content (AvgIpc) is 3.13. The first kappa shape index (κ1) is 20.1. The second kappa shape index (κ2) is 9.09. The maximum Gasteiger partial charge on any atom is 0.338 e. The molecule has 0 saturated heterocycles. The number of imide groups is 1. The van der Waals surface area contributed by atoms with E-state index in [2.05, 4.69) is 4.90 Å². The van der Waals surface area contributed by atoms with E-state index in [9.17, 15) is 14.4 Å². The largest absolute Gasteiger partial charge is 0.460 e. The first-order valence-electron chi connectivity index (χ1n) is 9.84. The standard InChI is InChI=1S/C25H20N2O4/c28-23-15-16-24(29)26(23)17-18-31-25(30)19-11-13-22(14-12-19)27(20-7-3-1-4-8-20)21-9-5-2-6-10-21/h1-16H,17-18H2. The van der Waals surface area contributed by atoms with Crippen LogP contribution in [-0.2, 0) is 14.3 Å². The lowest BCUT2D eigenvalue weighted by Crippen LogP contribution is -2.33. The number of para-hydroxylation sites is 2. The molecule has 3 aromatic carbocycles. The Balaban J connectivity index is 1.46. The van der Waals surface area contributed by atoms with Gasteiger partial charge in [-0.25, -0.2) is 4.79 Å². The molecule has 0 fully saturated rings. The van der Waals surface area contributed by atoms with Crippen molar-refractivity contribution in [1.82, 2.24) is 4.90 Å². The van der Waals surface area contributed by atoms with Crippen molar-refractivity contribution >= 4 is 34.8 Å². The Morgan fingerprint density at radius 3 is 1.71 bits per heavy atom. The van der Waals surface area contributed by atoms with Crippen molar-refractivity contribution in [2.24, 2.45) is 0 Å². The minimum Gasteiger partial charge on any atom is -0.460 e. The molecule has 154 valence electrons. The van der Waals surface area contributed by atoms with Gasteiger partial charge in [-0.3, -0.25) is 14.5 Å². The van der Waals surface area contributed by atoms with Crippen molar-refractivity contribution in [2.75, 3.05) is 18.1 Å². The summed E-state index contributed by atoms with van der Waals surface area (Å²) in [5, 5.41) is 0. The molecule has 0 unspecified atom stereocenters. The summed E-state index contributed by atoms with van der Waals surface area (Å²) in [5.41, 5.74) is 3.28. The van der Waals surface area contributed by atoms with Crippen LogP contribution >= 0.6 is 0 Å². The summed E-state index contributed by atoms with van der Waals surface area (Å²) >= 11 is 0. The van der Waals surface area contributed by atoms with E-state index in [4.69, 9.17) is 4.74 Å². The lowest BCUT2D eigenvalue weighted by Gasteiger charge is -2.25. The molecule has 1 heterocycles. The number of carbonyl (C=O) groups is 3. The van der Waals surface area contributed by atoms with E-state index in [1.165, 1.54) is 12.2 Å². The third-order valence-electron chi connectivity index (χ3n) is 4.84. The van der Waals surface area contributed by atoms with Crippen LogP contribution in [0.25, 0.3) is 0 Å². The molecule has 1 aliphatic heterocycles. The zero-order valence-electron chi connectivity index (χ0n) is 16.7. The smallest absolute Gasteiger partial charge is 0.338 e. The molecule has 0 aromatic heterocycles. The first-order valence-corrected chi connectivity index (χ1v) is 9.84. The van der Waals surface area contributed by atoms with Gasteiger partial charge < -0.3 is 9.64 Å². The highest BCUT2D eigenvalue weighted by molar-refractivity contribution is 6.12. The number of carbonyl (C=O) groups excluding carboxylic acids is 3. The van der Waals surface area contributed by atoms with Crippen molar-refractivity contribution in [3.63, 3.8) is 0 Å². The van der Waals surface area contributed by atoms with E-state index in [1.54, 1.807) is 12.1 Å². The fraction of sp³-hybridized carbons (Fsp3) is 0.0800. The molecular formula is C25H20N2O4. The van der Waals surface area contributed by atoms with Crippen molar-refractivity contribution in [3.8, 4) is 0 Å². The van der Waals surface area contributed by atoms with Crippen LogP contribution in [0.1, 0.15) is 10.4 Å². The molecule has 0 aliphatic carbocycles. The zero-order valence-corrected chi connectivity index (χ0v) is 16.7. The summed E-state index contributed by atoms with van der Waals surface area (Å²) in [7, 11) is 0. The number of anilines is 3. The fourth-order valence-corrected chi connectivity index (χ4v) is 3.31. The molecule has 0 atom stereocenters. The lowest BCUT2D eigenvalue weighted by molar-refractivity contribution is -0.137. The minimum absolute atomic E-state index is 0.0320. The number of nitrogens with zero attached hydrogens (tertiary/aromatic N) is 2. The van der Waals surface area contributed by atoms with Crippen LogP contribution in [0.2, 0.25) is 0 Å². The van der Waals surface area contributed by atoms with E-state index in [1.807, 2.05) is 72.8 Å². The second-order valence-electron chi connectivity index (χ2n) is 6.85. The predicted octanol–water partition coefficient (Wildman–Crippen LogP) is 4.24. The van der Waals surface area contributed by atoms with Gasteiger partial charge in [0.1, 0.15) is 6.61 Å². The van der Waals surface area contributed by atoms with Gasteiger partial charge >= 0.3 is 5.97 Å². The molecule has 0 bridgehead atoms. The van der Waals surface area contributed by atoms with Gasteiger partial charge in [0.2, 0.25) is 0 Å². The monoisotopic (exact) mass is 412 g/mol. The van der Waals surface area contributed by atoms with Gasteiger partial charge in [0, 0.05) is 29.2 Å². The molecule has 3 aromatic rings. The summed E-state index contributed by atoms with van der Waals surface area (Å²) < 4.78 is 5.23. The molecule has 6 nitrogen and oxygen atoms in total. The summed E-state index contributed by atoms with van der Waals surface area (Å²) in [6, 6.07) is 27.0. The number of hydrogen-bond acceptors (Lipinski definition) is 5. The highest BCUT2D eigenvalue weighted by atomic mass is 16.5. The van der Waals surface area contributed by atoms with Crippen LogP contribution in [0.5, 0.6) is 0 Å². The van der Waals surface area contributed by atoms with E-state index in [-0.39, 0.29) is 13.2 Å². The third kappa shape index (κ3) is 4.53. The first-order chi connectivity index (χ1) is 15.1. The molecule has 4 rings (SSSR count). The number of amides is 2. The number of hydrogen-bond donors (Lipinski definition) is 0. The summed E-state index contributed by atoms with van der Waals surface area (Å²) in [6.07, 6.45) is 2.40. The van der Waals surface area contributed by atoms with Crippen molar-refractivity contribution in [2.45, 2.75) is 0 Å². The molecule has 0 spiro atoms. The minimum atomic E-state index is -0.510. The lowest BCUT2D eigenvalue weighted by atomic mass is 10.1. The van der Waals surface area contributed by atoms with Crippen molar-refractivity contribution in [1.29, 1.82) is 0 Å². The maximum atomic E-state index is 12.4. The van der Waals surface area contributed by atoms with Crippen molar-refractivity contribution in [3.05, 3.63) is 103 Å². The molecule has 0 radical (unpaired) electrons. The Morgan fingerprint density at radius 2 is 1.19 bits per heavy atom. The highest BCUT2D eigenvalue weighted by Crippen LogP contribution is 2.34. The van der Waals surface area contributed by atoms with E-state index in [0.29, 0.717) is 5.56 Å². The van der Waals surface area contributed by atoms with Gasteiger partial charge in [0.25, 0.3) is 11.8 Å². The topological polar surface area (TPSA) is 66.9 Å². The van der Waals surface area contributed by atoms with E-state index >= 15 is 0 Å². The molecule has 2 amide bonds. The SMILES string of the molecule is O=C(OCCN1C(=O)C=CC1=O)c1ccc(N(c2ccccc2)c2ccccc2)cc1. The third-order valence-corrected chi connectivity index (χ3v) is 4.84. The van der Waals surface area contributed by atoms with Gasteiger partial charge in [-0.1, -0.05) is 36.4 Å². The van der Waals surface area contributed by atoms with Crippen LogP contribution in [-0.4, -0.2) is 35.8 Å². The molecule has 0 saturated carbocycles. The van der Waals surface area contributed by atoms with Gasteiger partial charge in [-0.2, -0.15) is 0 Å². The van der Waals surface area contributed by atoms with Gasteiger partial charge in [0.15, 0.2) is 0 Å². The molecular weight excluding hydrogens is 392 g/mol. The average molecular weight is 412 g/mol. The molecule has 6 heteroatoms. The number of esters is 1. The Labute approximate surface area is 180 Å². The highest BCUT2D eigenvalue weighted by Gasteiger charge is 2.23. The second-order valence-corrected chi connectivity index (χ2v) is 6.85. The number of ether oxygens (including phenoxy) is 1. The quantitative estimate of drug-likeness (QED) is 0.429. The number of benzene rings is 3. The zero-order chi connectivity index (χ0) is 21.6. The summed E-state index contributed by atoms with van der Waals surface area (Å²) in [6.45, 7) is -0.0236. The van der Waals surface area contributed by atoms with E-state index < -0.39 is 17.8 Å². The van der Waals surface area contributed by atoms with Crippen LogP contribution in [0.15, 0.2) is 97.1 Å². The molecule has 31 heavy (non-hydrogen) atoms. The number of rotatable bonds is 7. The maximum absolute atomic E-state index is 12.4. The predicted molar refractivity (Wildman–Crippen MR) is 117 cm³/mol. The van der Waals surface area contributed by atoms with Crippen LogP contribution in [0.4, 0.5) is 17.1 Å². The Kier molecular flexibility index (Phi) is 5.89. The van der Waals surface area contributed by atoms with Gasteiger partial charge in [-0.15, -0.1) is 0 Å². The molecule has 0 N–H and O–H groups in total. The van der Waals surface area contributed by atoms with E-state index in [0.717, 1.165) is 22.0 Å². The Morgan fingerprint density at radius 1 is 0.710 bits per heavy atom. The van der Waals surface area contributed by atoms with Crippen LogP contribution in [0, 0.1) is 0 Å². The van der Waals surface area contributed by atoms with Gasteiger partial charge in [0.05, 0.1) is 12.1 Å². The normalized spacial score (nSPS) is 12.8.